The van der Waals surface area contributed by atoms with Crippen LogP contribution in [0.5, 0.6) is 5.75 Å². The van der Waals surface area contributed by atoms with Gasteiger partial charge in [-0.3, -0.25) is 0 Å². The Labute approximate surface area is 133 Å². The van der Waals surface area contributed by atoms with Gasteiger partial charge in [-0.2, -0.15) is 0 Å². The predicted molar refractivity (Wildman–Crippen MR) is 92.4 cm³/mol. The first kappa shape index (κ1) is 16.5. The number of likely N-dealkylation sites (N-methyl/N-ethyl adjacent to an activating group) is 1. The van der Waals surface area contributed by atoms with Crippen LogP contribution in [0.25, 0.3) is 0 Å². The molecule has 118 valence electrons. The maximum Gasteiger partial charge on any atom is 0.118 e. The van der Waals surface area contributed by atoms with Crippen LogP contribution < -0.4 is 10.1 Å². The van der Waals surface area contributed by atoms with Crippen LogP contribution in [-0.4, -0.2) is 39.2 Å². The summed E-state index contributed by atoms with van der Waals surface area (Å²) in [6.07, 6.45) is 1.06. The van der Waals surface area contributed by atoms with Crippen molar-refractivity contribution in [3.8, 4) is 5.75 Å². The molecule has 2 rings (SSSR count). The highest BCUT2D eigenvalue weighted by molar-refractivity contribution is 5.29. The quantitative estimate of drug-likeness (QED) is 0.758. The van der Waals surface area contributed by atoms with Crippen molar-refractivity contribution in [3.63, 3.8) is 0 Å². The molecule has 0 aliphatic heterocycles. The Balaban J connectivity index is 1.86. The van der Waals surface area contributed by atoms with Crippen molar-refractivity contribution in [3.05, 3.63) is 65.7 Å². The molecule has 0 saturated carbocycles. The van der Waals surface area contributed by atoms with E-state index in [1.165, 1.54) is 11.1 Å². The van der Waals surface area contributed by atoms with Crippen LogP contribution in [0.1, 0.15) is 17.2 Å². The number of rotatable bonds is 8. The van der Waals surface area contributed by atoms with Gasteiger partial charge in [0.2, 0.25) is 0 Å². The maximum absolute atomic E-state index is 5.23. The molecular formula is C19H26N2O. The van der Waals surface area contributed by atoms with E-state index in [9.17, 15) is 0 Å². The molecule has 1 N–H and O–H groups in total. The molecule has 22 heavy (non-hydrogen) atoms. The second-order valence-electron chi connectivity index (χ2n) is 5.69. The minimum atomic E-state index is 0.363. The van der Waals surface area contributed by atoms with Crippen LogP contribution in [0.4, 0.5) is 0 Å². The number of nitrogens with zero attached hydrogens (tertiary/aromatic N) is 1. The van der Waals surface area contributed by atoms with E-state index in [-0.39, 0.29) is 0 Å². The average molecular weight is 298 g/mol. The summed E-state index contributed by atoms with van der Waals surface area (Å²) in [4.78, 5) is 2.25. The SMILES string of the molecule is COc1ccc(C(CNCCc2ccccc2)N(C)C)cc1. The third kappa shape index (κ3) is 4.86. The Kier molecular flexibility index (Phi) is 6.44. The second kappa shape index (κ2) is 8.57. The highest BCUT2D eigenvalue weighted by atomic mass is 16.5. The van der Waals surface area contributed by atoms with Crippen molar-refractivity contribution in [2.45, 2.75) is 12.5 Å². The van der Waals surface area contributed by atoms with E-state index in [1.54, 1.807) is 7.11 Å². The largest absolute Gasteiger partial charge is 0.497 e. The van der Waals surface area contributed by atoms with Crippen LogP contribution in [0.15, 0.2) is 54.6 Å². The Bertz CT molecular complexity index is 537. The number of nitrogens with one attached hydrogen (secondary N) is 1. The first-order valence-electron chi connectivity index (χ1n) is 7.75. The third-order valence-corrected chi connectivity index (χ3v) is 3.89. The molecule has 0 heterocycles. The normalized spacial score (nSPS) is 12.4. The van der Waals surface area contributed by atoms with Gasteiger partial charge in [0.15, 0.2) is 0 Å². The molecule has 1 unspecified atom stereocenters. The van der Waals surface area contributed by atoms with E-state index in [2.05, 4.69) is 66.8 Å². The first-order valence-corrected chi connectivity index (χ1v) is 7.75. The van der Waals surface area contributed by atoms with Crippen LogP contribution in [0, 0.1) is 0 Å². The lowest BCUT2D eigenvalue weighted by Crippen LogP contribution is -2.32. The summed E-state index contributed by atoms with van der Waals surface area (Å²) >= 11 is 0. The zero-order chi connectivity index (χ0) is 15.8. The fourth-order valence-electron chi connectivity index (χ4n) is 2.54. The number of hydrogen-bond donors (Lipinski definition) is 1. The van der Waals surface area contributed by atoms with Crippen molar-refractivity contribution in [1.29, 1.82) is 0 Å². The molecule has 0 radical (unpaired) electrons. The Morgan fingerprint density at radius 2 is 1.68 bits per heavy atom. The lowest BCUT2D eigenvalue weighted by molar-refractivity contribution is 0.289. The zero-order valence-electron chi connectivity index (χ0n) is 13.8. The van der Waals surface area contributed by atoms with Crippen LogP contribution >= 0.6 is 0 Å². The maximum atomic E-state index is 5.23. The molecule has 0 aliphatic carbocycles. The molecule has 0 aromatic heterocycles. The fraction of sp³-hybridized carbons (Fsp3) is 0.368. The lowest BCUT2D eigenvalue weighted by atomic mass is 10.1. The Morgan fingerprint density at radius 1 is 1.00 bits per heavy atom. The van der Waals surface area contributed by atoms with Gasteiger partial charge in [0.05, 0.1) is 7.11 Å². The smallest absolute Gasteiger partial charge is 0.118 e. The molecule has 0 bridgehead atoms. The van der Waals surface area contributed by atoms with Gasteiger partial charge < -0.3 is 15.0 Å². The summed E-state index contributed by atoms with van der Waals surface area (Å²) in [6, 6.07) is 19.3. The van der Waals surface area contributed by atoms with Gasteiger partial charge in [0, 0.05) is 12.6 Å². The number of methoxy groups -OCH3 is 1. The topological polar surface area (TPSA) is 24.5 Å². The molecule has 1 atom stereocenters. The number of hydrogen-bond acceptors (Lipinski definition) is 3. The monoisotopic (exact) mass is 298 g/mol. The molecular weight excluding hydrogens is 272 g/mol. The van der Waals surface area contributed by atoms with E-state index in [1.807, 2.05) is 12.1 Å². The van der Waals surface area contributed by atoms with Gasteiger partial charge in [-0.05, 0) is 50.3 Å². The summed E-state index contributed by atoms with van der Waals surface area (Å²) in [7, 11) is 5.94. The summed E-state index contributed by atoms with van der Waals surface area (Å²) < 4.78 is 5.23. The minimum Gasteiger partial charge on any atom is -0.497 e. The zero-order valence-corrected chi connectivity index (χ0v) is 13.8. The fourth-order valence-corrected chi connectivity index (χ4v) is 2.54. The van der Waals surface area contributed by atoms with Gasteiger partial charge >= 0.3 is 0 Å². The molecule has 0 amide bonds. The first-order chi connectivity index (χ1) is 10.7. The van der Waals surface area contributed by atoms with Gasteiger partial charge in [0.1, 0.15) is 5.75 Å². The van der Waals surface area contributed by atoms with E-state index < -0.39 is 0 Å². The van der Waals surface area contributed by atoms with E-state index in [4.69, 9.17) is 4.74 Å². The summed E-state index contributed by atoms with van der Waals surface area (Å²) in [5, 5.41) is 3.57. The van der Waals surface area contributed by atoms with Crippen molar-refractivity contribution in [2.24, 2.45) is 0 Å². The molecule has 0 fully saturated rings. The Hall–Kier alpha value is -1.84. The van der Waals surface area contributed by atoms with Crippen molar-refractivity contribution in [1.82, 2.24) is 10.2 Å². The highest BCUT2D eigenvalue weighted by Gasteiger charge is 2.13. The van der Waals surface area contributed by atoms with Crippen molar-refractivity contribution in [2.75, 3.05) is 34.3 Å². The van der Waals surface area contributed by atoms with Gasteiger partial charge in [-0.25, -0.2) is 0 Å². The molecule has 0 aliphatic rings. The number of ether oxygens (including phenoxy) is 1. The molecule has 0 saturated heterocycles. The molecule has 3 nitrogen and oxygen atoms in total. The molecule has 0 spiro atoms. The molecule has 2 aromatic carbocycles. The highest BCUT2D eigenvalue weighted by Crippen LogP contribution is 2.20. The van der Waals surface area contributed by atoms with Gasteiger partial charge in [-0.15, -0.1) is 0 Å². The van der Waals surface area contributed by atoms with Gasteiger partial charge in [-0.1, -0.05) is 42.5 Å². The second-order valence-corrected chi connectivity index (χ2v) is 5.69. The molecule has 3 heteroatoms. The van der Waals surface area contributed by atoms with Crippen LogP contribution in [0.2, 0.25) is 0 Å². The van der Waals surface area contributed by atoms with Crippen molar-refractivity contribution >= 4 is 0 Å². The Morgan fingerprint density at radius 3 is 2.27 bits per heavy atom. The van der Waals surface area contributed by atoms with E-state index >= 15 is 0 Å². The van der Waals surface area contributed by atoms with E-state index in [0.717, 1.165) is 25.3 Å². The summed E-state index contributed by atoms with van der Waals surface area (Å²) in [5.74, 6) is 0.901. The van der Waals surface area contributed by atoms with Crippen LogP contribution in [-0.2, 0) is 6.42 Å². The summed E-state index contributed by atoms with van der Waals surface area (Å²) in [6.45, 7) is 1.93. The molecule has 2 aromatic rings. The number of benzene rings is 2. The predicted octanol–water partition coefficient (Wildman–Crippen LogP) is 3.13. The third-order valence-electron chi connectivity index (χ3n) is 3.89. The van der Waals surface area contributed by atoms with Crippen molar-refractivity contribution < 1.29 is 4.74 Å². The minimum absolute atomic E-state index is 0.363. The average Bonchev–Trinajstić information content (AvgIpc) is 2.56. The van der Waals surface area contributed by atoms with E-state index in [0.29, 0.717) is 6.04 Å². The standard InChI is InChI=1S/C19H26N2O/c1-21(2)19(17-9-11-18(22-3)12-10-17)15-20-14-13-16-7-5-4-6-8-16/h4-12,19-20H,13-15H2,1-3H3. The van der Waals surface area contributed by atoms with Crippen LogP contribution in [0.3, 0.4) is 0 Å². The van der Waals surface area contributed by atoms with Gasteiger partial charge in [0.25, 0.3) is 0 Å². The summed E-state index contributed by atoms with van der Waals surface area (Å²) in [5.41, 5.74) is 2.68. The lowest BCUT2D eigenvalue weighted by Gasteiger charge is -2.25.